The van der Waals surface area contributed by atoms with Gasteiger partial charge in [0, 0.05) is 36.9 Å². The normalized spacial score (nSPS) is 16.4. The van der Waals surface area contributed by atoms with Gasteiger partial charge in [0.1, 0.15) is 23.0 Å². The molecule has 0 saturated carbocycles. The van der Waals surface area contributed by atoms with Crippen molar-refractivity contribution in [3.8, 4) is 12.3 Å². The highest BCUT2D eigenvalue weighted by molar-refractivity contribution is 6.13. The molecule has 0 bridgehead atoms. The van der Waals surface area contributed by atoms with Crippen LogP contribution in [0, 0.1) is 39.9 Å². The molecular formula is C56H94O9. The van der Waals surface area contributed by atoms with Crippen LogP contribution in [0.15, 0.2) is 80.5 Å². The van der Waals surface area contributed by atoms with Gasteiger partial charge in [-0.3, -0.25) is 4.79 Å². The van der Waals surface area contributed by atoms with E-state index in [0.717, 1.165) is 43.3 Å². The monoisotopic (exact) mass is 911 g/mol. The number of carbonyl (C=O) groups excluding carboxylic acids is 1. The van der Waals surface area contributed by atoms with Crippen LogP contribution in [-0.2, 0) is 33.5 Å². The maximum atomic E-state index is 14.6. The van der Waals surface area contributed by atoms with E-state index in [0.29, 0.717) is 58.5 Å². The van der Waals surface area contributed by atoms with Crippen molar-refractivity contribution in [2.45, 2.75) is 180 Å². The first-order valence-electron chi connectivity index (χ1n) is 24.1. The zero-order chi connectivity index (χ0) is 50.2. The zero-order valence-corrected chi connectivity index (χ0v) is 44.7. The first-order chi connectivity index (χ1) is 30.5. The van der Waals surface area contributed by atoms with Crippen LogP contribution < -0.4 is 0 Å². The number of ketones is 1. The van der Waals surface area contributed by atoms with Crippen LogP contribution in [0.3, 0.4) is 0 Å². The van der Waals surface area contributed by atoms with Gasteiger partial charge in [0.15, 0.2) is 11.5 Å². The Hall–Kier alpha value is -3.71. The fourth-order valence-corrected chi connectivity index (χ4v) is 8.19. The van der Waals surface area contributed by atoms with E-state index in [4.69, 9.17) is 45.4 Å². The number of ether oxygens (including phenoxy) is 4. The molecule has 0 aromatic rings. The molecular weight excluding hydrogens is 817 g/mol. The number of terminal acetylenes is 1. The van der Waals surface area contributed by atoms with Crippen molar-refractivity contribution in [3.05, 3.63) is 80.5 Å². The van der Waals surface area contributed by atoms with Crippen molar-refractivity contribution in [2.24, 2.45) is 27.6 Å². The molecule has 0 fully saturated rings. The Morgan fingerprint density at radius 2 is 1.18 bits per heavy atom. The number of hydrogen-bond acceptors (Lipinski definition) is 9. The summed E-state index contributed by atoms with van der Waals surface area (Å²) < 4.78 is 25.7. The van der Waals surface area contributed by atoms with Gasteiger partial charge in [0.05, 0.1) is 52.1 Å². The van der Waals surface area contributed by atoms with E-state index in [1.54, 1.807) is 21.3 Å². The second kappa shape index (κ2) is 29.8. The molecule has 0 radical (unpaired) electrons. The van der Waals surface area contributed by atoms with Gasteiger partial charge in [-0.25, -0.2) is 0 Å². The van der Waals surface area contributed by atoms with E-state index in [1.165, 1.54) is 64.9 Å². The number of carbonyl (C=O) groups is 1. The van der Waals surface area contributed by atoms with Crippen LogP contribution in [0.2, 0.25) is 0 Å². The van der Waals surface area contributed by atoms with Gasteiger partial charge in [0.25, 0.3) is 0 Å². The molecule has 2 aliphatic rings. The fraction of sp³-hybridized carbons (Fsp3) is 0.696. The van der Waals surface area contributed by atoms with Crippen molar-refractivity contribution in [1.82, 2.24) is 0 Å². The number of Topliss-reactive ketones (excluding diaryl/α,β-unsaturated/α-hetero) is 1. The predicted molar refractivity (Wildman–Crippen MR) is 269 cm³/mol. The Labute approximate surface area is 397 Å². The minimum absolute atomic E-state index is 0.0794. The molecule has 1 atom stereocenters. The van der Waals surface area contributed by atoms with E-state index in [1.807, 2.05) is 53.7 Å². The average molecular weight is 911 g/mol. The first-order valence-corrected chi connectivity index (χ1v) is 24.1. The molecule has 0 aromatic heterocycles. The summed E-state index contributed by atoms with van der Waals surface area (Å²) in [5.41, 5.74) is 2.13. The molecule has 0 aliphatic heterocycles. The van der Waals surface area contributed by atoms with Crippen molar-refractivity contribution in [3.63, 3.8) is 0 Å². The molecule has 9 heteroatoms. The summed E-state index contributed by atoms with van der Waals surface area (Å²) >= 11 is 0. The van der Waals surface area contributed by atoms with Gasteiger partial charge in [-0.05, 0) is 46.2 Å². The third-order valence-electron chi connectivity index (χ3n) is 11.3. The zero-order valence-electron chi connectivity index (χ0n) is 44.7. The minimum Gasteiger partial charge on any atom is -0.500 e. The van der Waals surface area contributed by atoms with Crippen molar-refractivity contribution in [2.75, 3.05) is 48.8 Å². The van der Waals surface area contributed by atoms with Crippen LogP contribution in [0.1, 0.15) is 180 Å². The van der Waals surface area contributed by atoms with Crippen molar-refractivity contribution >= 4 is 5.78 Å². The quantitative estimate of drug-likeness (QED) is 0.0258. The van der Waals surface area contributed by atoms with Gasteiger partial charge in [-0.15, -0.1) is 6.42 Å². The maximum absolute atomic E-state index is 14.6. The second-order valence-electron chi connectivity index (χ2n) is 20.9. The lowest BCUT2D eigenvalue weighted by Crippen LogP contribution is -2.34. The molecule has 1 unspecified atom stereocenters. The highest BCUT2D eigenvalue weighted by atomic mass is 17.2. The van der Waals surface area contributed by atoms with Crippen LogP contribution in [0.4, 0.5) is 0 Å². The summed E-state index contributed by atoms with van der Waals surface area (Å²) in [4.78, 5) is 26.0. The van der Waals surface area contributed by atoms with Gasteiger partial charge in [0.2, 0.25) is 0 Å². The van der Waals surface area contributed by atoms with Gasteiger partial charge < -0.3 is 34.0 Å². The Morgan fingerprint density at radius 3 is 1.57 bits per heavy atom. The maximum Gasteiger partial charge on any atom is 0.193 e. The summed E-state index contributed by atoms with van der Waals surface area (Å²) in [5.74, 6) is 5.36. The molecule has 2 N–H and O–H groups in total. The summed E-state index contributed by atoms with van der Waals surface area (Å²) in [5, 5.41) is 15.4. The molecule has 0 heterocycles. The fourth-order valence-electron chi connectivity index (χ4n) is 8.19. The van der Waals surface area contributed by atoms with E-state index >= 15 is 0 Å². The number of hydrogen-bond donors (Lipinski definition) is 2. The molecule has 65 heavy (non-hydrogen) atoms. The highest BCUT2D eigenvalue weighted by Gasteiger charge is 2.45. The number of methoxy groups -OCH3 is 3. The molecule has 0 aromatic carbocycles. The second-order valence-corrected chi connectivity index (χ2v) is 20.9. The summed E-state index contributed by atoms with van der Waals surface area (Å²) in [6, 6.07) is 0. The predicted octanol–water partition coefficient (Wildman–Crippen LogP) is 14.0. The molecule has 0 spiro atoms. The standard InChI is InChI=1S/C47H72O7.C8H18O.CH4O/c1-19-21-22-23-24-25-29-53-34-28-26-27-31(34)32(30-35(49-15)37(45(6,7)8)41(54-52-18)33(20-2)44(3,4)5)36-42(50-16)38(46(9,10)11)40(48)39(43(36)51-17)47(12,13)14;1-2-3-4-5-6-7-8-9;1-2/h2,26-28,31H,19,21-25,29-30H2,1,3-18H3;9H,2-8H2,1H3;2H,1H3/b37-35-,41-33-;;. The number of aliphatic hydroxyl groups is 2. The van der Waals surface area contributed by atoms with Crippen LogP contribution in [-0.4, -0.2) is 64.8 Å². The number of unbranched alkanes of at least 4 members (excludes halogenated alkanes) is 10. The van der Waals surface area contributed by atoms with Gasteiger partial charge >= 0.3 is 0 Å². The van der Waals surface area contributed by atoms with Crippen LogP contribution in [0.25, 0.3) is 0 Å². The molecule has 9 nitrogen and oxygen atoms in total. The van der Waals surface area contributed by atoms with Crippen LogP contribution >= 0.6 is 0 Å². The Kier molecular flexibility index (Phi) is 28.1. The summed E-state index contributed by atoms with van der Waals surface area (Å²) in [6.45, 7) is 30.1. The number of aliphatic hydroxyl groups excluding tert-OH is 2. The molecule has 372 valence electrons. The van der Waals surface area contributed by atoms with E-state index < -0.39 is 21.7 Å². The lowest BCUT2D eigenvalue weighted by atomic mass is 9.69. The number of rotatable bonds is 23. The van der Waals surface area contributed by atoms with Gasteiger partial charge in [-0.2, -0.15) is 4.89 Å². The van der Waals surface area contributed by atoms with E-state index in [-0.39, 0.29) is 18.1 Å². The lowest BCUT2D eigenvalue weighted by Gasteiger charge is -2.37. The van der Waals surface area contributed by atoms with Crippen molar-refractivity contribution < 1.29 is 43.7 Å². The third kappa shape index (κ3) is 18.8. The summed E-state index contributed by atoms with van der Waals surface area (Å²) in [7, 11) is 7.40. The SMILES string of the molecule is C#C/C(=C(OOC)\C(=C(/CC(=C1C(OC)=C(C(C)(C)C)C(=O)C(C(C)(C)C)=C1OC)C1C=CC=C1OCCCCCCCC)OC)C(C)(C)C)C(C)(C)C.CCCCCCCCO.CO. The smallest absolute Gasteiger partial charge is 0.193 e. The average Bonchev–Trinajstić information content (AvgIpc) is 3.69. The summed E-state index contributed by atoms with van der Waals surface area (Å²) in [6.07, 6.45) is 27.2. The molecule has 0 amide bonds. The van der Waals surface area contributed by atoms with Crippen molar-refractivity contribution in [1.29, 1.82) is 0 Å². The Morgan fingerprint density at radius 1 is 0.708 bits per heavy atom. The van der Waals surface area contributed by atoms with E-state index in [2.05, 4.69) is 67.4 Å². The molecule has 2 aliphatic carbocycles. The molecule has 0 saturated heterocycles. The third-order valence-corrected chi connectivity index (χ3v) is 11.3. The largest absolute Gasteiger partial charge is 0.500 e. The first kappa shape index (κ1) is 61.3. The minimum atomic E-state index is -0.555. The lowest BCUT2D eigenvalue weighted by molar-refractivity contribution is -0.236. The van der Waals surface area contributed by atoms with E-state index in [9.17, 15) is 4.79 Å². The highest BCUT2D eigenvalue weighted by Crippen LogP contribution is 2.51. The Balaban J connectivity index is 0.00000330. The van der Waals surface area contributed by atoms with Gasteiger partial charge in [-0.1, -0.05) is 179 Å². The Bertz CT molecular complexity index is 1680. The topological polar surface area (TPSA) is 113 Å². The molecule has 2 rings (SSSR count). The number of allylic oxidation sites excluding steroid dienone is 8. The van der Waals surface area contributed by atoms with Crippen LogP contribution in [0.5, 0.6) is 0 Å².